The summed E-state index contributed by atoms with van der Waals surface area (Å²) in [6.45, 7) is 2.31. The largest absolute Gasteiger partial charge is 0.0654 e. The lowest BCUT2D eigenvalue weighted by atomic mass is 9.78. The molecule has 0 nitrogen and oxygen atoms in total. The number of hydrogen-bond donors (Lipinski definition) is 0. The van der Waals surface area contributed by atoms with Gasteiger partial charge in [-0.1, -0.05) is 26.2 Å². The molecular formula is C12H22. The first-order valence-corrected chi connectivity index (χ1v) is 5.85. The Balaban J connectivity index is 1.68. The van der Waals surface area contributed by atoms with Crippen molar-refractivity contribution >= 4 is 0 Å². The Hall–Kier alpha value is 0. The van der Waals surface area contributed by atoms with E-state index < -0.39 is 0 Å². The molecule has 0 amide bonds. The Morgan fingerprint density at radius 2 is 1.75 bits per heavy atom. The SMILES string of the molecule is CCCCC1CCC2(CC1)CC2. The van der Waals surface area contributed by atoms with Crippen molar-refractivity contribution in [1.82, 2.24) is 0 Å². The van der Waals surface area contributed by atoms with Gasteiger partial charge in [-0.2, -0.15) is 0 Å². The predicted molar refractivity (Wildman–Crippen MR) is 53.2 cm³/mol. The zero-order chi connectivity index (χ0) is 8.44. The highest BCUT2D eigenvalue weighted by atomic mass is 14.5. The van der Waals surface area contributed by atoms with Crippen LogP contribution in [0.3, 0.4) is 0 Å². The minimum absolute atomic E-state index is 0.905. The van der Waals surface area contributed by atoms with Crippen LogP contribution < -0.4 is 0 Å². The van der Waals surface area contributed by atoms with Crippen molar-refractivity contribution in [3.8, 4) is 0 Å². The quantitative estimate of drug-likeness (QED) is 0.591. The molecule has 0 atom stereocenters. The summed E-state index contributed by atoms with van der Waals surface area (Å²) in [5, 5.41) is 0. The molecule has 0 unspecified atom stereocenters. The molecule has 0 aromatic carbocycles. The van der Waals surface area contributed by atoms with Crippen LogP contribution >= 0.6 is 0 Å². The Morgan fingerprint density at radius 3 is 2.25 bits per heavy atom. The van der Waals surface area contributed by atoms with E-state index in [-0.39, 0.29) is 0 Å². The molecule has 0 aromatic rings. The standard InChI is InChI=1S/C12H22/c1-2-3-4-11-5-7-12(8-6-11)9-10-12/h11H,2-10H2,1H3. The lowest BCUT2D eigenvalue weighted by Crippen LogP contribution is -2.14. The summed E-state index contributed by atoms with van der Waals surface area (Å²) in [6.07, 6.45) is 13.8. The maximum atomic E-state index is 2.31. The van der Waals surface area contributed by atoms with E-state index in [4.69, 9.17) is 0 Å². The van der Waals surface area contributed by atoms with Gasteiger partial charge in [-0.3, -0.25) is 0 Å². The first kappa shape index (κ1) is 8.59. The van der Waals surface area contributed by atoms with E-state index in [0.717, 1.165) is 11.3 Å². The molecular weight excluding hydrogens is 144 g/mol. The third-order valence-electron chi connectivity index (χ3n) is 4.09. The third-order valence-corrected chi connectivity index (χ3v) is 4.09. The summed E-state index contributed by atoms with van der Waals surface area (Å²) in [4.78, 5) is 0. The van der Waals surface area contributed by atoms with Gasteiger partial charge in [0.2, 0.25) is 0 Å². The fraction of sp³-hybridized carbons (Fsp3) is 1.00. The Labute approximate surface area is 76.7 Å². The zero-order valence-corrected chi connectivity index (χ0v) is 8.44. The highest BCUT2D eigenvalue weighted by Gasteiger charge is 2.44. The van der Waals surface area contributed by atoms with Crippen molar-refractivity contribution in [3.05, 3.63) is 0 Å². The van der Waals surface area contributed by atoms with Crippen LogP contribution in [0.4, 0.5) is 0 Å². The van der Waals surface area contributed by atoms with Crippen LogP contribution in [0.5, 0.6) is 0 Å². The lowest BCUT2D eigenvalue weighted by molar-refractivity contribution is 0.243. The molecule has 2 aliphatic carbocycles. The highest BCUT2D eigenvalue weighted by Crippen LogP contribution is 2.57. The maximum Gasteiger partial charge on any atom is -0.0297 e. The number of hydrogen-bond acceptors (Lipinski definition) is 0. The first-order valence-electron chi connectivity index (χ1n) is 5.85. The molecule has 0 N–H and O–H groups in total. The summed E-state index contributed by atoms with van der Waals surface area (Å²) in [6, 6.07) is 0. The predicted octanol–water partition coefficient (Wildman–Crippen LogP) is 4.15. The molecule has 0 saturated heterocycles. The lowest BCUT2D eigenvalue weighted by Gasteiger charge is -2.28. The molecule has 0 heterocycles. The second kappa shape index (κ2) is 3.40. The van der Waals surface area contributed by atoms with E-state index in [9.17, 15) is 0 Å². The second-order valence-electron chi connectivity index (χ2n) is 5.09. The van der Waals surface area contributed by atoms with Crippen LogP contribution in [0.1, 0.15) is 64.7 Å². The third kappa shape index (κ3) is 1.84. The van der Waals surface area contributed by atoms with Gasteiger partial charge in [-0.05, 0) is 49.9 Å². The summed E-state index contributed by atoms with van der Waals surface area (Å²) in [7, 11) is 0. The molecule has 12 heavy (non-hydrogen) atoms. The van der Waals surface area contributed by atoms with Crippen molar-refractivity contribution in [2.24, 2.45) is 11.3 Å². The van der Waals surface area contributed by atoms with Crippen LogP contribution in [-0.2, 0) is 0 Å². The Morgan fingerprint density at radius 1 is 1.08 bits per heavy atom. The minimum atomic E-state index is 0.905. The van der Waals surface area contributed by atoms with Crippen molar-refractivity contribution in [1.29, 1.82) is 0 Å². The van der Waals surface area contributed by atoms with Gasteiger partial charge in [-0.25, -0.2) is 0 Å². The Bertz CT molecular complexity index is 134. The van der Waals surface area contributed by atoms with Crippen LogP contribution in [0.25, 0.3) is 0 Å². The Kier molecular flexibility index (Phi) is 2.43. The zero-order valence-electron chi connectivity index (χ0n) is 8.44. The molecule has 0 radical (unpaired) electrons. The molecule has 2 saturated carbocycles. The average molecular weight is 166 g/mol. The van der Waals surface area contributed by atoms with Crippen molar-refractivity contribution in [2.45, 2.75) is 64.7 Å². The van der Waals surface area contributed by atoms with Crippen LogP contribution in [0.2, 0.25) is 0 Å². The molecule has 70 valence electrons. The van der Waals surface area contributed by atoms with E-state index >= 15 is 0 Å². The highest BCUT2D eigenvalue weighted by molar-refractivity contribution is 4.96. The van der Waals surface area contributed by atoms with Crippen molar-refractivity contribution in [2.75, 3.05) is 0 Å². The van der Waals surface area contributed by atoms with Crippen LogP contribution in [0, 0.1) is 11.3 Å². The molecule has 2 fully saturated rings. The smallest absolute Gasteiger partial charge is 0.0297 e. The van der Waals surface area contributed by atoms with Gasteiger partial charge in [0.05, 0.1) is 0 Å². The molecule has 0 bridgehead atoms. The summed E-state index contributed by atoms with van der Waals surface area (Å²) < 4.78 is 0. The fourth-order valence-corrected chi connectivity index (χ4v) is 2.75. The molecule has 2 rings (SSSR count). The van der Waals surface area contributed by atoms with E-state index in [1.807, 2.05) is 0 Å². The van der Waals surface area contributed by atoms with Gasteiger partial charge in [0, 0.05) is 0 Å². The number of unbranched alkanes of at least 4 members (excludes halogenated alkanes) is 1. The average Bonchev–Trinajstić information content (AvgIpc) is 2.85. The van der Waals surface area contributed by atoms with Crippen LogP contribution in [0.15, 0.2) is 0 Å². The van der Waals surface area contributed by atoms with Gasteiger partial charge >= 0.3 is 0 Å². The van der Waals surface area contributed by atoms with Gasteiger partial charge in [-0.15, -0.1) is 0 Å². The summed E-state index contributed by atoms with van der Waals surface area (Å²) in [5.41, 5.74) is 0.905. The van der Waals surface area contributed by atoms with E-state index in [1.54, 1.807) is 38.5 Å². The summed E-state index contributed by atoms with van der Waals surface area (Å²) >= 11 is 0. The van der Waals surface area contributed by atoms with Crippen molar-refractivity contribution < 1.29 is 0 Å². The first-order chi connectivity index (χ1) is 5.85. The van der Waals surface area contributed by atoms with E-state index in [0.29, 0.717) is 0 Å². The second-order valence-corrected chi connectivity index (χ2v) is 5.09. The molecule has 0 heteroatoms. The molecule has 2 aliphatic rings. The van der Waals surface area contributed by atoms with Gasteiger partial charge < -0.3 is 0 Å². The van der Waals surface area contributed by atoms with Gasteiger partial charge in [0.25, 0.3) is 0 Å². The minimum Gasteiger partial charge on any atom is -0.0654 e. The van der Waals surface area contributed by atoms with Gasteiger partial charge in [0.15, 0.2) is 0 Å². The molecule has 0 aromatic heterocycles. The van der Waals surface area contributed by atoms with E-state index in [1.165, 1.54) is 19.3 Å². The fourth-order valence-electron chi connectivity index (χ4n) is 2.75. The maximum absolute atomic E-state index is 2.31. The monoisotopic (exact) mass is 166 g/mol. The number of rotatable bonds is 3. The normalized spacial score (nSPS) is 27.8. The molecule has 0 aliphatic heterocycles. The van der Waals surface area contributed by atoms with E-state index in [2.05, 4.69) is 6.92 Å². The topological polar surface area (TPSA) is 0 Å². The van der Waals surface area contributed by atoms with Crippen LogP contribution in [-0.4, -0.2) is 0 Å². The van der Waals surface area contributed by atoms with Crippen molar-refractivity contribution in [3.63, 3.8) is 0 Å². The molecule has 1 spiro atoms. The van der Waals surface area contributed by atoms with Gasteiger partial charge in [0.1, 0.15) is 0 Å². The summed E-state index contributed by atoms with van der Waals surface area (Å²) in [5.74, 6) is 1.11.